The smallest absolute Gasteiger partial charge is 0.408 e. The van der Waals surface area contributed by atoms with Crippen LogP contribution in [0.5, 0.6) is 0 Å². The number of alkyl carbamates (subject to hydrolysis) is 2. The normalized spacial score (nSPS) is 29.2. The van der Waals surface area contributed by atoms with E-state index in [2.05, 4.69) is 43.6 Å². The number of fused-ring (bicyclic) bond motifs is 2. The van der Waals surface area contributed by atoms with E-state index in [4.69, 9.17) is 19.9 Å². The fourth-order valence-corrected chi connectivity index (χ4v) is 12.5. The first-order valence-electron chi connectivity index (χ1n) is 25.6. The van der Waals surface area contributed by atoms with Crippen molar-refractivity contribution in [3.8, 4) is 0 Å². The number of aliphatic hydroxyl groups is 1. The summed E-state index contributed by atoms with van der Waals surface area (Å²) in [5.74, 6) is -1.15. The Balaban J connectivity index is 0.000000234. The fraction of sp³-hybridized carbons (Fsp3) is 0.863. The number of nitrogens with two attached hydrogens (primary N) is 1. The van der Waals surface area contributed by atoms with E-state index in [0.717, 1.165) is 83.5 Å². The zero-order valence-electron chi connectivity index (χ0n) is 42.8. The van der Waals surface area contributed by atoms with Crippen LogP contribution < -0.4 is 21.7 Å². The van der Waals surface area contributed by atoms with Crippen LogP contribution in [0.15, 0.2) is 0 Å². The van der Waals surface area contributed by atoms with Gasteiger partial charge in [0.15, 0.2) is 6.10 Å². The number of primary amides is 1. The van der Waals surface area contributed by atoms with Gasteiger partial charge in [-0.2, -0.15) is 0 Å². The molecule has 5 saturated carbocycles. The predicted octanol–water partition coefficient (Wildman–Crippen LogP) is 5.58. The number of hydrogen-bond acceptors (Lipinski definition) is 11. The summed E-state index contributed by atoms with van der Waals surface area (Å²) in [4.78, 5) is 94.5. The molecule has 0 aromatic rings. The summed E-state index contributed by atoms with van der Waals surface area (Å²) in [6, 6.07) is -3.56. The molecule has 2 heterocycles. The van der Waals surface area contributed by atoms with E-state index in [1.807, 2.05) is 0 Å². The van der Waals surface area contributed by atoms with Crippen LogP contribution in [0.2, 0.25) is 0 Å². The topological polar surface area (TPSA) is 236 Å². The number of piperidine rings is 2. The van der Waals surface area contributed by atoms with Gasteiger partial charge in [-0.25, -0.2) is 14.4 Å². The van der Waals surface area contributed by atoms with Crippen LogP contribution in [0.4, 0.5) is 9.59 Å². The number of amides is 6. The molecule has 0 radical (unpaired) electrons. The maximum Gasteiger partial charge on any atom is 0.408 e. The number of nitrogens with one attached hydrogen (secondary N) is 3. The van der Waals surface area contributed by atoms with Gasteiger partial charge in [0.1, 0.15) is 35.4 Å². The van der Waals surface area contributed by atoms with E-state index in [1.54, 1.807) is 51.3 Å². The van der Waals surface area contributed by atoms with Crippen molar-refractivity contribution in [2.75, 3.05) is 20.2 Å². The predicted molar refractivity (Wildman–Crippen MR) is 253 cm³/mol. The van der Waals surface area contributed by atoms with Crippen molar-refractivity contribution in [2.24, 2.45) is 58.0 Å². The molecule has 10 atom stereocenters. The lowest BCUT2D eigenvalue weighted by Gasteiger charge is -2.38. The van der Waals surface area contributed by atoms with Gasteiger partial charge in [0.05, 0.1) is 13.2 Å². The van der Waals surface area contributed by atoms with Gasteiger partial charge in [-0.3, -0.25) is 19.2 Å². The highest BCUT2D eigenvalue weighted by Crippen LogP contribution is 2.66. The lowest BCUT2D eigenvalue weighted by atomic mass is 9.79. The van der Waals surface area contributed by atoms with Crippen LogP contribution in [0.3, 0.4) is 0 Å². The summed E-state index contributed by atoms with van der Waals surface area (Å²) in [6.07, 6.45) is 10.6. The van der Waals surface area contributed by atoms with E-state index >= 15 is 0 Å². The summed E-state index contributed by atoms with van der Waals surface area (Å²) in [6.45, 7) is 20.2. The molecule has 0 aromatic heterocycles. The lowest BCUT2D eigenvalue weighted by Crippen LogP contribution is -2.60. The molecule has 0 bridgehead atoms. The Morgan fingerprint density at radius 3 is 1.41 bits per heavy atom. The Kier molecular flexibility index (Phi) is 16.2. The minimum absolute atomic E-state index is 0.0320. The van der Waals surface area contributed by atoms with Crippen LogP contribution in [0.1, 0.15) is 159 Å². The van der Waals surface area contributed by atoms with Gasteiger partial charge in [0.2, 0.25) is 23.6 Å². The van der Waals surface area contributed by atoms with Crippen molar-refractivity contribution in [1.82, 2.24) is 25.8 Å². The number of carbonyl (C=O) groups excluding carboxylic acids is 7. The second-order valence-corrected chi connectivity index (χ2v) is 24.3. The third kappa shape index (κ3) is 12.1. The molecule has 17 nitrogen and oxygen atoms in total. The zero-order chi connectivity index (χ0) is 50.3. The average Bonchev–Trinajstić information content (AvgIpc) is 3.69. The average molecular weight is 957 g/mol. The highest BCUT2D eigenvalue weighted by atomic mass is 16.6. The molecule has 6 amide bonds. The van der Waals surface area contributed by atoms with Crippen molar-refractivity contribution < 1.29 is 52.9 Å². The Labute approximate surface area is 404 Å². The maximum absolute atomic E-state index is 14.2. The first-order chi connectivity index (χ1) is 31.7. The molecule has 17 heteroatoms. The number of hydrogen-bond donors (Lipinski definition) is 5. The lowest BCUT2D eigenvalue weighted by molar-refractivity contribution is -0.154. The van der Waals surface area contributed by atoms with Crippen LogP contribution in [0.25, 0.3) is 0 Å². The van der Waals surface area contributed by atoms with Crippen molar-refractivity contribution >= 4 is 41.8 Å². The number of methoxy groups -OCH3 is 1. The minimum atomic E-state index is -1.49. The van der Waals surface area contributed by atoms with Gasteiger partial charge in [0, 0.05) is 19.0 Å². The van der Waals surface area contributed by atoms with Gasteiger partial charge in [-0.15, -0.1) is 0 Å². The van der Waals surface area contributed by atoms with Crippen molar-refractivity contribution in [2.45, 2.75) is 207 Å². The SMILES string of the molecule is CC(C)(C)OC(=O)NC(C(=O)N1CC2C([C@H]1C(=O)NC(CC1CCC1)C(O)C(N)=O)C2(C)C)C1CCCCC1.COC(=O)[C@@H]1C2C(CN1C(=O)C(NC(=O)OC(C)(C)C)C1CCCCC1)C2(C)C. The van der Waals surface area contributed by atoms with E-state index < -0.39 is 65.6 Å². The second kappa shape index (κ2) is 20.7. The minimum Gasteiger partial charge on any atom is -0.467 e. The molecule has 2 aliphatic heterocycles. The summed E-state index contributed by atoms with van der Waals surface area (Å²) in [7, 11) is 1.37. The van der Waals surface area contributed by atoms with Crippen molar-refractivity contribution in [1.29, 1.82) is 0 Å². The zero-order valence-corrected chi connectivity index (χ0v) is 42.8. The number of nitrogens with zero attached hydrogens (tertiary/aromatic N) is 2. The molecule has 384 valence electrons. The molecule has 0 aromatic carbocycles. The molecular formula is C51H84N6O11. The number of aliphatic hydroxyl groups excluding tert-OH is 1. The monoisotopic (exact) mass is 957 g/mol. The van der Waals surface area contributed by atoms with E-state index in [-0.39, 0.29) is 64.1 Å². The molecule has 7 aliphatic rings. The molecular weight excluding hydrogens is 873 g/mol. The number of likely N-dealkylation sites (tertiary alicyclic amines) is 2. The first-order valence-corrected chi connectivity index (χ1v) is 25.6. The van der Waals surface area contributed by atoms with Gasteiger partial charge < -0.3 is 50.8 Å². The number of rotatable bonds is 13. The van der Waals surface area contributed by atoms with Gasteiger partial charge in [-0.1, -0.05) is 85.5 Å². The molecule has 2 saturated heterocycles. The second-order valence-electron chi connectivity index (χ2n) is 24.3. The van der Waals surface area contributed by atoms with Crippen LogP contribution in [-0.2, 0) is 38.2 Å². The Morgan fingerprint density at radius 1 is 0.632 bits per heavy atom. The van der Waals surface area contributed by atoms with Gasteiger partial charge >= 0.3 is 18.2 Å². The molecule has 6 N–H and O–H groups in total. The first kappa shape index (κ1) is 53.2. The van der Waals surface area contributed by atoms with Crippen LogP contribution >= 0.6 is 0 Å². The van der Waals surface area contributed by atoms with E-state index in [0.29, 0.717) is 31.3 Å². The molecule has 7 rings (SSSR count). The standard InChI is InChI=1S/C29H48N4O6.C22H36N2O5/c1-28(2,3)39-27(38)32-21(17-12-7-6-8-13-17)26(37)33-15-18-20(29(18,4)5)22(33)25(36)31-19(23(34)24(30)35)14-16-10-9-11-16;1-21(2,3)29-20(27)23-16(13-10-8-7-9-11-13)18(25)24-12-14-15(22(14,4)5)17(24)19(26)28-6/h16-23,34H,6-15H2,1-5H3,(H2,30,35)(H,31,36)(H,32,38);13-17H,7-12H2,1-6H3,(H,23,27)/t18?,19?,20?,21?,22-,23?;14?,15?,16?,17-/m00/s1. The van der Waals surface area contributed by atoms with Crippen molar-refractivity contribution in [3.63, 3.8) is 0 Å². The third-order valence-corrected chi connectivity index (χ3v) is 16.6. The summed E-state index contributed by atoms with van der Waals surface area (Å²) >= 11 is 0. The Morgan fingerprint density at radius 2 is 1.04 bits per heavy atom. The Bertz CT molecular complexity index is 1880. The maximum atomic E-state index is 14.2. The molecule has 5 aliphatic carbocycles. The van der Waals surface area contributed by atoms with Crippen molar-refractivity contribution in [3.05, 3.63) is 0 Å². The summed E-state index contributed by atoms with van der Waals surface area (Å²) in [5, 5.41) is 19.1. The highest BCUT2D eigenvalue weighted by Gasteiger charge is 2.71. The van der Waals surface area contributed by atoms with Crippen LogP contribution in [0, 0.1) is 52.3 Å². The van der Waals surface area contributed by atoms with Crippen LogP contribution in [-0.4, -0.2) is 124 Å². The molecule has 8 unspecified atom stereocenters. The molecule has 68 heavy (non-hydrogen) atoms. The number of esters is 1. The summed E-state index contributed by atoms with van der Waals surface area (Å²) < 4.78 is 15.9. The van der Waals surface area contributed by atoms with Gasteiger partial charge in [-0.05, 0) is 120 Å². The fourth-order valence-electron chi connectivity index (χ4n) is 12.5. The summed E-state index contributed by atoms with van der Waals surface area (Å²) in [5.41, 5.74) is 3.99. The quantitative estimate of drug-likeness (QED) is 0.113. The molecule has 0 spiro atoms. The van der Waals surface area contributed by atoms with E-state index in [9.17, 15) is 38.7 Å². The Hall–Kier alpha value is -4.15. The number of carbonyl (C=O) groups is 7. The third-order valence-electron chi connectivity index (χ3n) is 16.6. The van der Waals surface area contributed by atoms with E-state index in [1.165, 1.54) is 7.11 Å². The largest absolute Gasteiger partial charge is 0.467 e. The van der Waals surface area contributed by atoms with Gasteiger partial charge in [0.25, 0.3) is 0 Å². The number of ether oxygens (including phenoxy) is 3. The molecule has 7 fully saturated rings. The highest BCUT2D eigenvalue weighted by molar-refractivity contribution is 5.94.